The van der Waals surface area contributed by atoms with Gasteiger partial charge < -0.3 is 67.4 Å². The molecule has 1 aromatic heterocycles. The number of aromatic nitrogens is 2. The lowest BCUT2D eigenvalue weighted by molar-refractivity contribution is -0.130. The van der Waals surface area contributed by atoms with Gasteiger partial charge in [-0.3, -0.25) is 30.5 Å². The molecule has 0 spiro atoms. The Balaban J connectivity index is 1.86. The lowest BCUT2D eigenvalue weighted by Crippen LogP contribution is -2.53. The number of aryl methyl sites for hydroxylation is 2. The summed E-state index contributed by atoms with van der Waals surface area (Å²) in [6.07, 6.45) is -11.4. The zero-order valence-electron chi connectivity index (χ0n) is 31.7. The first-order valence-corrected chi connectivity index (χ1v) is 18.7. The van der Waals surface area contributed by atoms with Crippen molar-refractivity contribution < 1.29 is 60.7 Å². The summed E-state index contributed by atoms with van der Waals surface area (Å²) >= 11 is 5.93. The molecule has 22 heteroatoms. The molecule has 2 aromatic rings. The first kappa shape index (κ1) is 49.5. The van der Waals surface area contributed by atoms with Crippen LogP contribution in [0.4, 0.5) is 5.82 Å². The summed E-state index contributed by atoms with van der Waals surface area (Å²) < 4.78 is 0. The number of hydrogen-bond donors (Lipinski definition) is 16. The molecule has 17 N–H and O–H groups in total. The maximum atomic E-state index is 12.4. The molecule has 2 amide bonds. The van der Waals surface area contributed by atoms with Crippen molar-refractivity contribution in [3.63, 3.8) is 0 Å². The van der Waals surface area contributed by atoms with E-state index in [-0.39, 0.29) is 29.2 Å². The van der Waals surface area contributed by atoms with Gasteiger partial charge in [-0.2, -0.15) is 0 Å². The number of unbranched alkanes of at least 4 members (excludes halogenated alkanes) is 1. The number of nitrogen functional groups attached to an aromatic ring is 1. The van der Waals surface area contributed by atoms with E-state index in [0.717, 1.165) is 24.0 Å². The van der Waals surface area contributed by atoms with Crippen LogP contribution in [0.5, 0.6) is 0 Å². The van der Waals surface area contributed by atoms with E-state index in [0.29, 0.717) is 44.5 Å². The summed E-state index contributed by atoms with van der Waals surface area (Å²) in [5.74, 6) is -1.02. The Bertz CT molecular complexity index is 1490. The average Bonchev–Trinajstić information content (AvgIpc) is 3.19. The minimum Gasteiger partial charge on any atom is -0.394 e. The smallest absolute Gasteiger partial charge is 0.280 e. The van der Waals surface area contributed by atoms with Crippen molar-refractivity contribution in [3.8, 4) is 0 Å². The topological polar surface area (TPSA) is 363 Å². The Morgan fingerprint density at radius 2 is 1.39 bits per heavy atom. The number of nitrogens with zero attached hydrogens (tertiary/aromatic N) is 3. The molecule has 0 unspecified atom stereocenters. The summed E-state index contributed by atoms with van der Waals surface area (Å²) in [5, 5.41) is 118. The molecule has 0 aliphatic rings. The molecule has 0 saturated heterocycles. The second-order valence-corrected chi connectivity index (χ2v) is 13.9. The maximum absolute atomic E-state index is 12.4. The minimum absolute atomic E-state index is 0.0406. The molecule has 2 rings (SSSR count). The van der Waals surface area contributed by atoms with E-state index in [9.17, 15) is 50.4 Å². The van der Waals surface area contributed by atoms with Gasteiger partial charge in [0.15, 0.2) is 22.6 Å². The number of anilines is 1. The third-order valence-electron chi connectivity index (χ3n) is 9.00. The van der Waals surface area contributed by atoms with Crippen LogP contribution in [-0.4, -0.2) is 185 Å². The van der Waals surface area contributed by atoms with Gasteiger partial charge in [0, 0.05) is 26.1 Å². The monoisotopic (exact) mass is 831 g/mol. The minimum atomic E-state index is -1.90. The average molecular weight is 832 g/mol. The number of aliphatic hydroxyl groups is 10. The molecule has 1 aromatic carbocycles. The van der Waals surface area contributed by atoms with E-state index in [1.54, 1.807) is 6.92 Å². The van der Waals surface area contributed by atoms with Crippen LogP contribution >= 0.6 is 11.6 Å². The highest BCUT2D eigenvalue weighted by Gasteiger charge is 2.34. The molecule has 0 fully saturated rings. The van der Waals surface area contributed by atoms with Crippen LogP contribution in [0.1, 0.15) is 46.6 Å². The quantitative estimate of drug-likeness (QED) is 0.0132. The number of nitrogens with two attached hydrogens (primary N) is 1. The number of carbonyl (C=O) groups is 2. The van der Waals surface area contributed by atoms with Crippen molar-refractivity contribution in [3.05, 3.63) is 51.9 Å². The fraction of sp³-hybridized carbons (Fsp3) is 0.629. The molecule has 57 heavy (non-hydrogen) atoms. The number of carbonyl (C=O) groups excluding carboxylic acids is 2. The molecule has 9 atom stereocenters. The number of benzene rings is 1. The van der Waals surface area contributed by atoms with Gasteiger partial charge >= 0.3 is 0 Å². The van der Waals surface area contributed by atoms with E-state index in [4.69, 9.17) is 33.0 Å². The second kappa shape index (κ2) is 25.6. The number of nitrogens with one attached hydrogen (secondary N) is 5. The fourth-order valence-electron chi connectivity index (χ4n) is 5.63. The van der Waals surface area contributed by atoms with Gasteiger partial charge in [-0.05, 0) is 56.8 Å². The van der Waals surface area contributed by atoms with Gasteiger partial charge in [0.05, 0.1) is 37.3 Å². The Morgan fingerprint density at radius 3 is 1.93 bits per heavy atom. The van der Waals surface area contributed by atoms with Gasteiger partial charge in [-0.25, -0.2) is 9.97 Å². The predicted octanol–water partition coefficient (Wildman–Crippen LogP) is -4.93. The number of hydrogen-bond acceptors (Lipinski definition) is 18. The molecule has 322 valence electrons. The highest BCUT2D eigenvalue weighted by Crippen LogP contribution is 2.15. The fourth-order valence-corrected chi connectivity index (χ4v) is 5.75. The van der Waals surface area contributed by atoms with Crippen molar-refractivity contribution in [2.75, 3.05) is 51.7 Å². The molecule has 1 heterocycles. The number of halogens is 1. The van der Waals surface area contributed by atoms with Crippen molar-refractivity contribution in [2.24, 2.45) is 0 Å². The first-order chi connectivity index (χ1) is 27.0. The van der Waals surface area contributed by atoms with Gasteiger partial charge in [0.1, 0.15) is 36.6 Å². The standard InChI is InChI=1S/C35H58ClN9O12/c1-19-32(36)43-27(33(37)42-19)34(57)44-35(38)40-10-3-2-5-20-6-8-21(9-7-20)13-26(41-18-48)39-11-4-12-45(14-22(49)28(53)30(55)24(51)16-46)15-23(50)29(54)31(56)25(52)17-47/h6-9,18,22-26,28-31,39,46-47,49-56H,2-5,10-17H2,1H3,(H2,37,42)(H,41,48)(H3,38,40,44,57)/t22-,23-,24+,25+,26+,28+,29+,30+,31+/m0/s1. The molecule has 0 radical (unpaired) electrons. The number of aliphatic hydroxyl groups excluding tert-OH is 10. The Hall–Kier alpha value is -3.68. The molecule has 0 aliphatic carbocycles. The summed E-state index contributed by atoms with van der Waals surface area (Å²) in [6.45, 7) is -0.110. The first-order valence-electron chi connectivity index (χ1n) is 18.4. The third kappa shape index (κ3) is 17.0. The largest absolute Gasteiger partial charge is 0.394 e. The van der Waals surface area contributed by atoms with Crippen LogP contribution in [0.2, 0.25) is 5.15 Å². The zero-order chi connectivity index (χ0) is 42.7. The summed E-state index contributed by atoms with van der Waals surface area (Å²) in [4.78, 5) is 33.0. The van der Waals surface area contributed by atoms with Gasteiger partial charge in [0.25, 0.3) is 5.91 Å². The maximum Gasteiger partial charge on any atom is 0.280 e. The summed E-state index contributed by atoms with van der Waals surface area (Å²) in [6, 6.07) is 7.78. The van der Waals surface area contributed by atoms with Crippen LogP contribution in [0, 0.1) is 12.3 Å². The molecular formula is C35H58ClN9O12. The number of rotatable bonds is 27. The Kier molecular flexibility index (Phi) is 22.2. The van der Waals surface area contributed by atoms with Crippen molar-refractivity contribution in [1.82, 2.24) is 36.1 Å². The highest BCUT2D eigenvalue weighted by molar-refractivity contribution is 6.30. The lowest BCUT2D eigenvalue weighted by Gasteiger charge is -2.33. The van der Waals surface area contributed by atoms with E-state index < -0.39 is 87.2 Å². The molecular weight excluding hydrogens is 774 g/mol. The Labute approximate surface area is 335 Å². The highest BCUT2D eigenvalue weighted by atomic mass is 35.5. The Morgan fingerprint density at radius 1 is 0.842 bits per heavy atom. The normalized spacial score (nSPS) is 16.4. The van der Waals surface area contributed by atoms with Crippen molar-refractivity contribution in [2.45, 2.75) is 94.0 Å². The predicted molar refractivity (Wildman–Crippen MR) is 207 cm³/mol. The van der Waals surface area contributed by atoms with E-state index >= 15 is 0 Å². The van der Waals surface area contributed by atoms with Crippen LogP contribution < -0.4 is 27.0 Å². The molecule has 0 saturated carbocycles. The number of guanidine groups is 1. The second-order valence-electron chi connectivity index (χ2n) is 13.6. The SMILES string of the molecule is Cc1nc(N)c(C(=O)NC(=N)NCCCCc2ccc(C[C@@H](NC=O)NCCCN(C[C@H](O)[C@@H](O)[C@H](O)[C@H](O)CO)C[C@H](O)[C@@H](O)[C@H](O)[C@H](O)CO)cc2)nc1Cl. The summed E-state index contributed by atoms with van der Waals surface area (Å²) in [5.41, 5.74) is 7.94. The third-order valence-corrected chi connectivity index (χ3v) is 9.36. The zero-order valence-corrected chi connectivity index (χ0v) is 32.4. The van der Waals surface area contributed by atoms with Crippen molar-refractivity contribution in [1.29, 1.82) is 5.41 Å². The van der Waals surface area contributed by atoms with Crippen molar-refractivity contribution >= 4 is 35.7 Å². The van der Waals surface area contributed by atoms with Gasteiger partial charge in [-0.15, -0.1) is 0 Å². The van der Waals surface area contributed by atoms with Gasteiger partial charge in [0.2, 0.25) is 6.41 Å². The van der Waals surface area contributed by atoms with Gasteiger partial charge in [-0.1, -0.05) is 35.9 Å². The molecule has 0 aliphatic heterocycles. The number of amides is 2. The van der Waals surface area contributed by atoms with Crippen LogP contribution in [0.15, 0.2) is 24.3 Å². The molecule has 0 bridgehead atoms. The van der Waals surface area contributed by atoms with Crippen LogP contribution in [-0.2, 0) is 17.6 Å². The van der Waals surface area contributed by atoms with Crippen LogP contribution in [0.3, 0.4) is 0 Å². The lowest BCUT2D eigenvalue weighted by atomic mass is 10.0. The van der Waals surface area contributed by atoms with E-state index in [1.807, 2.05) is 24.3 Å². The van der Waals surface area contributed by atoms with E-state index in [2.05, 4.69) is 31.2 Å². The molecule has 21 nitrogen and oxygen atoms in total. The van der Waals surface area contributed by atoms with E-state index in [1.165, 1.54) is 4.90 Å². The summed E-state index contributed by atoms with van der Waals surface area (Å²) in [7, 11) is 0. The van der Waals surface area contributed by atoms with Crippen LogP contribution in [0.25, 0.3) is 0 Å².